The molecule has 0 rings (SSSR count). The highest BCUT2D eigenvalue weighted by Crippen LogP contribution is 2.25. The van der Waals surface area contributed by atoms with Crippen molar-refractivity contribution in [3.05, 3.63) is 0 Å². The Morgan fingerprint density at radius 3 is 1.10 bits per heavy atom. The Kier molecular flexibility index (Phi) is 20.8. The molecule has 0 amide bonds. The molecule has 0 bridgehead atoms. The monoisotopic (exact) mass is 424 g/mol. The molecule has 0 fully saturated rings. The number of nitrogens with zero attached hydrogens (tertiary/aromatic N) is 1. The van der Waals surface area contributed by atoms with Gasteiger partial charge in [0.2, 0.25) is 0 Å². The molecule has 0 aliphatic heterocycles. The van der Waals surface area contributed by atoms with Crippen LogP contribution in [0.2, 0.25) is 0 Å². The van der Waals surface area contributed by atoms with Gasteiger partial charge in [0.25, 0.3) is 0 Å². The summed E-state index contributed by atoms with van der Waals surface area (Å²) < 4.78 is 1.14. The molecule has 0 radical (unpaired) electrons. The van der Waals surface area contributed by atoms with Crippen LogP contribution in [0.15, 0.2) is 0 Å². The van der Waals surface area contributed by atoms with Crippen molar-refractivity contribution in [3.63, 3.8) is 0 Å². The van der Waals surface area contributed by atoms with Crippen molar-refractivity contribution in [1.29, 1.82) is 0 Å². The van der Waals surface area contributed by atoms with E-state index in [2.05, 4.69) is 41.9 Å². The lowest BCUT2D eigenvalue weighted by Crippen LogP contribution is -2.48. The molecule has 1 nitrogen and oxygen atoms in total. The summed E-state index contributed by atoms with van der Waals surface area (Å²) in [4.78, 5) is 0. The molecule has 0 aliphatic carbocycles. The van der Waals surface area contributed by atoms with Crippen molar-refractivity contribution in [2.75, 3.05) is 21.1 Å². The van der Waals surface area contributed by atoms with E-state index < -0.39 is 0 Å². The number of rotatable bonds is 23. The second kappa shape index (κ2) is 20.8. The Balaban J connectivity index is 3.51. The fraction of sp³-hybridized carbons (Fsp3) is 1.00. The molecule has 0 saturated heterocycles. The summed E-state index contributed by atoms with van der Waals surface area (Å²) in [6.45, 7) is 7.14. The number of quaternary nitrogens is 1. The maximum atomic E-state index is 2.52. The van der Waals surface area contributed by atoms with Crippen LogP contribution in [0.1, 0.15) is 156 Å². The standard InChI is InChI=1S/C29H62N/c1-7-9-11-12-13-14-15-16-17-18-19-20-21-22-23-25-26-28(3)29(30(4,5)6)27-24-10-8-2/h28-29H,7-27H2,1-6H3/q+1. The normalized spacial score (nSPS) is 14.2. The molecule has 30 heavy (non-hydrogen) atoms. The lowest BCUT2D eigenvalue weighted by Gasteiger charge is -2.38. The average molecular weight is 425 g/mol. The van der Waals surface area contributed by atoms with Gasteiger partial charge in [0.1, 0.15) is 0 Å². The molecule has 0 aliphatic rings. The van der Waals surface area contributed by atoms with Gasteiger partial charge < -0.3 is 4.48 Å². The summed E-state index contributed by atoms with van der Waals surface area (Å²) in [6.07, 6.45) is 30.5. The van der Waals surface area contributed by atoms with Gasteiger partial charge in [-0.3, -0.25) is 0 Å². The third kappa shape index (κ3) is 18.7. The fourth-order valence-electron chi connectivity index (χ4n) is 5.25. The van der Waals surface area contributed by atoms with Gasteiger partial charge in [-0.1, -0.05) is 136 Å². The summed E-state index contributed by atoms with van der Waals surface area (Å²) in [5, 5.41) is 0. The molecule has 1 heteroatoms. The molecule has 0 aromatic carbocycles. The Morgan fingerprint density at radius 1 is 0.433 bits per heavy atom. The van der Waals surface area contributed by atoms with Gasteiger partial charge in [0.15, 0.2) is 0 Å². The molecule has 0 saturated carbocycles. The fourth-order valence-corrected chi connectivity index (χ4v) is 5.25. The Bertz CT molecular complexity index is 330. The molecule has 2 atom stereocenters. The highest BCUT2D eigenvalue weighted by molar-refractivity contribution is 4.67. The molecular weight excluding hydrogens is 362 g/mol. The van der Waals surface area contributed by atoms with E-state index in [0.29, 0.717) is 0 Å². The smallest absolute Gasteiger partial charge is 0.0909 e. The van der Waals surface area contributed by atoms with Gasteiger partial charge in [0, 0.05) is 5.92 Å². The predicted molar refractivity (Wildman–Crippen MR) is 139 cm³/mol. The molecule has 182 valence electrons. The zero-order chi connectivity index (χ0) is 22.5. The number of hydrogen-bond acceptors (Lipinski definition) is 0. The Hall–Kier alpha value is -0.0400. The lowest BCUT2D eigenvalue weighted by atomic mass is 9.89. The van der Waals surface area contributed by atoms with Crippen LogP contribution in [-0.2, 0) is 0 Å². The SMILES string of the molecule is CCCCCCCCCCCCCCCCCCC(C)C(CCCCC)[N+](C)(C)C. The van der Waals surface area contributed by atoms with Gasteiger partial charge in [-0.05, 0) is 19.3 Å². The molecule has 0 spiro atoms. The van der Waals surface area contributed by atoms with E-state index in [9.17, 15) is 0 Å². The van der Waals surface area contributed by atoms with E-state index in [-0.39, 0.29) is 0 Å². The van der Waals surface area contributed by atoms with Crippen molar-refractivity contribution in [1.82, 2.24) is 0 Å². The van der Waals surface area contributed by atoms with E-state index in [1.54, 1.807) is 0 Å². The second-order valence-corrected chi connectivity index (χ2v) is 11.2. The average Bonchev–Trinajstić information content (AvgIpc) is 2.69. The van der Waals surface area contributed by atoms with Crippen molar-refractivity contribution < 1.29 is 4.48 Å². The first-order chi connectivity index (χ1) is 14.4. The van der Waals surface area contributed by atoms with Crippen LogP contribution in [0.25, 0.3) is 0 Å². The van der Waals surface area contributed by atoms with E-state index in [0.717, 1.165) is 16.4 Å². The third-order valence-corrected chi connectivity index (χ3v) is 7.27. The molecular formula is C29H62N+. The van der Waals surface area contributed by atoms with Gasteiger partial charge in [-0.25, -0.2) is 0 Å². The summed E-state index contributed by atoms with van der Waals surface area (Å²) in [5.41, 5.74) is 0. The van der Waals surface area contributed by atoms with Crippen molar-refractivity contribution in [2.45, 2.75) is 162 Å². The summed E-state index contributed by atoms with van der Waals surface area (Å²) in [6, 6.07) is 0.841. The molecule has 0 aromatic rings. The third-order valence-electron chi connectivity index (χ3n) is 7.27. The van der Waals surface area contributed by atoms with Gasteiger partial charge in [-0.15, -0.1) is 0 Å². The topological polar surface area (TPSA) is 0 Å². The first-order valence-electron chi connectivity index (χ1n) is 14.2. The predicted octanol–water partition coefficient (Wildman–Crippen LogP) is 9.93. The number of hydrogen-bond donors (Lipinski definition) is 0. The molecule has 0 aromatic heterocycles. The first-order valence-corrected chi connectivity index (χ1v) is 14.2. The zero-order valence-electron chi connectivity index (χ0n) is 22.5. The molecule has 0 N–H and O–H groups in total. The number of unbranched alkanes of at least 4 members (excludes halogenated alkanes) is 17. The van der Waals surface area contributed by atoms with Crippen LogP contribution < -0.4 is 0 Å². The lowest BCUT2D eigenvalue weighted by molar-refractivity contribution is -0.900. The van der Waals surface area contributed by atoms with Crippen molar-refractivity contribution in [3.8, 4) is 0 Å². The van der Waals surface area contributed by atoms with Gasteiger partial charge >= 0.3 is 0 Å². The van der Waals surface area contributed by atoms with Crippen LogP contribution >= 0.6 is 0 Å². The van der Waals surface area contributed by atoms with Crippen molar-refractivity contribution in [2.24, 2.45) is 5.92 Å². The minimum Gasteiger partial charge on any atom is -0.328 e. The molecule has 2 unspecified atom stereocenters. The first kappa shape index (κ1) is 30.0. The van der Waals surface area contributed by atoms with Crippen LogP contribution in [0.5, 0.6) is 0 Å². The Labute approximate surface area is 193 Å². The van der Waals surface area contributed by atoms with Crippen LogP contribution in [0.3, 0.4) is 0 Å². The molecule has 0 heterocycles. The Morgan fingerprint density at radius 2 is 0.733 bits per heavy atom. The van der Waals surface area contributed by atoms with Gasteiger partial charge in [-0.2, -0.15) is 0 Å². The van der Waals surface area contributed by atoms with Crippen LogP contribution in [0, 0.1) is 5.92 Å². The quantitative estimate of drug-likeness (QED) is 0.113. The van der Waals surface area contributed by atoms with E-state index >= 15 is 0 Å². The van der Waals surface area contributed by atoms with Gasteiger partial charge in [0.05, 0.1) is 27.2 Å². The maximum absolute atomic E-state index is 2.52. The highest BCUT2D eigenvalue weighted by Gasteiger charge is 2.28. The van der Waals surface area contributed by atoms with E-state index in [4.69, 9.17) is 0 Å². The largest absolute Gasteiger partial charge is 0.328 e. The zero-order valence-corrected chi connectivity index (χ0v) is 22.5. The van der Waals surface area contributed by atoms with E-state index in [1.165, 1.54) is 135 Å². The minimum absolute atomic E-state index is 0.841. The van der Waals surface area contributed by atoms with E-state index in [1.807, 2.05) is 0 Å². The van der Waals surface area contributed by atoms with Crippen LogP contribution in [-0.4, -0.2) is 31.7 Å². The highest BCUT2D eigenvalue weighted by atomic mass is 15.3. The summed E-state index contributed by atoms with van der Waals surface area (Å²) in [7, 11) is 7.21. The minimum atomic E-state index is 0.841. The summed E-state index contributed by atoms with van der Waals surface area (Å²) >= 11 is 0. The van der Waals surface area contributed by atoms with Crippen LogP contribution in [0.4, 0.5) is 0 Å². The second-order valence-electron chi connectivity index (χ2n) is 11.2. The maximum Gasteiger partial charge on any atom is 0.0909 e. The van der Waals surface area contributed by atoms with Crippen molar-refractivity contribution >= 4 is 0 Å². The summed E-state index contributed by atoms with van der Waals surface area (Å²) in [5.74, 6) is 0.869.